The molecule has 0 spiro atoms. The number of carbonyl (C=O) groups is 2. The summed E-state index contributed by atoms with van der Waals surface area (Å²) in [6, 6.07) is -0.628. The number of carbonyl (C=O) groups excluding carboxylic acids is 2. The molecule has 0 aliphatic heterocycles. The quantitative estimate of drug-likeness (QED) is 0.0320. The van der Waals surface area contributed by atoms with Crippen molar-refractivity contribution in [2.24, 2.45) is 0 Å². The van der Waals surface area contributed by atoms with Crippen LogP contribution in [0.5, 0.6) is 0 Å². The minimum absolute atomic E-state index is 0.0133. The van der Waals surface area contributed by atoms with Crippen LogP contribution in [0.4, 0.5) is 0 Å². The first-order valence-electron chi connectivity index (χ1n) is 33.5. The summed E-state index contributed by atoms with van der Waals surface area (Å²) in [5.41, 5.74) is 0. The van der Waals surface area contributed by atoms with E-state index in [2.05, 4.69) is 19.2 Å². The second-order valence-electron chi connectivity index (χ2n) is 23.2. The van der Waals surface area contributed by atoms with E-state index >= 15 is 0 Å². The lowest BCUT2D eigenvalue weighted by atomic mass is 10.0. The molecule has 0 saturated heterocycles. The van der Waals surface area contributed by atoms with E-state index in [9.17, 15) is 19.8 Å². The number of amides is 1. The molecule has 0 aromatic rings. The molecule has 6 nitrogen and oxygen atoms in total. The number of hydrogen-bond donors (Lipinski definition) is 3. The zero-order valence-corrected chi connectivity index (χ0v) is 49.6. The molecule has 0 aromatic heterocycles. The van der Waals surface area contributed by atoms with Gasteiger partial charge in [0.2, 0.25) is 5.91 Å². The fourth-order valence-corrected chi connectivity index (χ4v) is 10.7. The van der Waals surface area contributed by atoms with Gasteiger partial charge in [-0.3, -0.25) is 9.59 Å². The molecule has 0 aliphatic carbocycles. The largest absolute Gasteiger partial charge is 0.466 e. The lowest BCUT2D eigenvalue weighted by Crippen LogP contribution is -2.45. The van der Waals surface area contributed by atoms with E-state index in [-0.39, 0.29) is 18.5 Å². The summed E-state index contributed by atoms with van der Waals surface area (Å²) in [5, 5.41) is 23.3. The fourth-order valence-electron chi connectivity index (χ4n) is 10.7. The first-order valence-corrected chi connectivity index (χ1v) is 33.5. The van der Waals surface area contributed by atoms with Crippen molar-refractivity contribution in [3.05, 3.63) is 12.2 Å². The Labute approximate surface area is 457 Å². The SMILES string of the molecule is CCCCCCCCCCCCCCCCCCCCCCC/C=C/C(O)C(CO)NC(=O)CCCCCCCCCCCCCCCCCCCCCCCCOC(=O)CCCCCCCCCCCCC. The molecule has 0 saturated carbocycles. The summed E-state index contributed by atoms with van der Waals surface area (Å²) in [6.45, 7) is 4.94. The van der Waals surface area contributed by atoms with Crippen molar-refractivity contribution >= 4 is 11.9 Å². The molecular weight excluding hydrogens is 899 g/mol. The number of aliphatic hydroxyl groups excluding tert-OH is 2. The summed E-state index contributed by atoms with van der Waals surface area (Å²) in [6.07, 6.45) is 77.0. The summed E-state index contributed by atoms with van der Waals surface area (Å²) >= 11 is 0. The highest BCUT2D eigenvalue weighted by molar-refractivity contribution is 5.76. The van der Waals surface area contributed by atoms with Crippen molar-refractivity contribution in [1.82, 2.24) is 5.32 Å². The van der Waals surface area contributed by atoms with E-state index in [1.54, 1.807) is 6.08 Å². The van der Waals surface area contributed by atoms with Crippen LogP contribution in [0.15, 0.2) is 12.2 Å². The average Bonchev–Trinajstić information content (AvgIpc) is 3.39. The fraction of sp³-hybridized carbons (Fsp3) is 0.940. The van der Waals surface area contributed by atoms with Crippen molar-refractivity contribution in [3.8, 4) is 0 Å². The average molecular weight is 1030 g/mol. The number of allylic oxidation sites excluding steroid dienone is 1. The molecule has 0 fully saturated rings. The highest BCUT2D eigenvalue weighted by Gasteiger charge is 2.18. The molecule has 3 N–H and O–H groups in total. The van der Waals surface area contributed by atoms with E-state index in [4.69, 9.17) is 4.74 Å². The molecule has 0 aliphatic rings. The normalized spacial score (nSPS) is 12.5. The highest BCUT2D eigenvalue weighted by Crippen LogP contribution is 2.19. The number of nitrogens with one attached hydrogen (secondary N) is 1. The van der Waals surface area contributed by atoms with Gasteiger partial charge in [0.05, 0.1) is 25.4 Å². The number of rotatable bonds is 63. The molecule has 0 radical (unpaired) electrons. The zero-order valence-electron chi connectivity index (χ0n) is 49.6. The van der Waals surface area contributed by atoms with E-state index in [1.165, 1.54) is 315 Å². The van der Waals surface area contributed by atoms with Crippen LogP contribution in [0.2, 0.25) is 0 Å². The smallest absolute Gasteiger partial charge is 0.305 e. The first kappa shape index (κ1) is 71.6. The maximum atomic E-state index is 12.5. The molecule has 434 valence electrons. The topological polar surface area (TPSA) is 95.9 Å². The predicted molar refractivity (Wildman–Crippen MR) is 320 cm³/mol. The summed E-state index contributed by atoms with van der Waals surface area (Å²) in [4.78, 5) is 24.5. The van der Waals surface area contributed by atoms with Gasteiger partial charge in [-0.15, -0.1) is 0 Å². The maximum absolute atomic E-state index is 12.5. The van der Waals surface area contributed by atoms with Gasteiger partial charge in [0.25, 0.3) is 0 Å². The zero-order chi connectivity index (χ0) is 52.9. The Bertz CT molecular complexity index is 1100. The third-order valence-electron chi connectivity index (χ3n) is 15.8. The molecule has 73 heavy (non-hydrogen) atoms. The Morgan fingerprint density at radius 2 is 0.630 bits per heavy atom. The second-order valence-corrected chi connectivity index (χ2v) is 23.2. The van der Waals surface area contributed by atoms with Crippen LogP contribution in [0.1, 0.15) is 380 Å². The van der Waals surface area contributed by atoms with Crippen LogP contribution in [0, 0.1) is 0 Å². The maximum Gasteiger partial charge on any atom is 0.305 e. The van der Waals surface area contributed by atoms with Crippen LogP contribution in [0.3, 0.4) is 0 Å². The Morgan fingerprint density at radius 3 is 0.932 bits per heavy atom. The van der Waals surface area contributed by atoms with E-state index < -0.39 is 12.1 Å². The number of esters is 1. The van der Waals surface area contributed by atoms with Gasteiger partial charge in [-0.1, -0.05) is 347 Å². The standard InChI is InChI=1S/C67H131NO5/c1-3-5-7-9-11-13-15-16-17-18-19-20-21-24-27-30-33-36-40-43-47-51-55-59-65(70)64(63-69)68-66(71)60-56-52-48-44-41-37-34-31-28-25-22-23-26-29-32-35-38-42-46-50-54-58-62-73-67(72)61-57-53-49-45-39-14-12-10-8-6-4-2/h55,59,64-65,69-70H,3-54,56-58,60-63H2,1-2H3,(H,68,71)/b59-55+. The lowest BCUT2D eigenvalue weighted by molar-refractivity contribution is -0.143. The molecule has 0 heterocycles. The Kier molecular flexibility index (Phi) is 61.9. The lowest BCUT2D eigenvalue weighted by Gasteiger charge is -2.20. The van der Waals surface area contributed by atoms with Gasteiger partial charge in [0.15, 0.2) is 0 Å². The molecule has 2 atom stereocenters. The number of hydrogen-bond acceptors (Lipinski definition) is 5. The van der Waals surface area contributed by atoms with Crippen molar-refractivity contribution in [1.29, 1.82) is 0 Å². The van der Waals surface area contributed by atoms with E-state index in [0.29, 0.717) is 19.4 Å². The van der Waals surface area contributed by atoms with E-state index in [0.717, 1.165) is 38.5 Å². The molecule has 0 aromatic carbocycles. The minimum Gasteiger partial charge on any atom is -0.466 e. The Hall–Kier alpha value is -1.40. The van der Waals surface area contributed by atoms with Crippen LogP contribution in [0.25, 0.3) is 0 Å². The number of ether oxygens (including phenoxy) is 1. The van der Waals surface area contributed by atoms with Crippen molar-refractivity contribution in [2.45, 2.75) is 392 Å². The van der Waals surface area contributed by atoms with Gasteiger partial charge in [-0.25, -0.2) is 0 Å². The minimum atomic E-state index is -0.845. The monoisotopic (exact) mass is 1030 g/mol. The second kappa shape index (κ2) is 63.1. The van der Waals surface area contributed by atoms with Crippen LogP contribution < -0.4 is 5.32 Å². The van der Waals surface area contributed by atoms with Crippen molar-refractivity contribution < 1.29 is 24.5 Å². The van der Waals surface area contributed by atoms with Crippen LogP contribution in [-0.4, -0.2) is 47.4 Å². The summed E-state index contributed by atoms with van der Waals surface area (Å²) in [7, 11) is 0. The van der Waals surface area contributed by atoms with Crippen LogP contribution in [-0.2, 0) is 14.3 Å². The third kappa shape index (κ3) is 59.7. The molecule has 1 amide bonds. The molecule has 6 heteroatoms. The molecule has 0 rings (SSSR count). The number of aliphatic hydroxyl groups is 2. The van der Waals surface area contributed by atoms with Gasteiger partial charge in [-0.05, 0) is 32.1 Å². The highest BCUT2D eigenvalue weighted by atomic mass is 16.5. The Morgan fingerprint density at radius 1 is 0.370 bits per heavy atom. The van der Waals surface area contributed by atoms with Gasteiger partial charge >= 0.3 is 5.97 Å². The number of unbranched alkanes of at least 4 members (excludes halogenated alkanes) is 52. The Balaban J connectivity index is 3.41. The van der Waals surface area contributed by atoms with E-state index in [1.807, 2.05) is 6.08 Å². The van der Waals surface area contributed by atoms with Crippen molar-refractivity contribution in [2.75, 3.05) is 13.2 Å². The predicted octanol–water partition coefficient (Wildman–Crippen LogP) is 21.2. The molecule has 0 bridgehead atoms. The van der Waals surface area contributed by atoms with Crippen LogP contribution >= 0.6 is 0 Å². The molecular formula is C67H131NO5. The summed E-state index contributed by atoms with van der Waals surface area (Å²) < 4.78 is 5.47. The van der Waals surface area contributed by atoms with Gasteiger partial charge in [0, 0.05) is 12.8 Å². The van der Waals surface area contributed by atoms with Gasteiger partial charge in [0.1, 0.15) is 0 Å². The van der Waals surface area contributed by atoms with Gasteiger partial charge < -0.3 is 20.3 Å². The first-order chi connectivity index (χ1) is 36.0. The van der Waals surface area contributed by atoms with Gasteiger partial charge in [-0.2, -0.15) is 0 Å². The molecule has 2 unspecified atom stereocenters. The summed E-state index contributed by atoms with van der Waals surface area (Å²) in [5.74, 6) is -0.0502. The van der Waals surface area contributed by atoms with Crippen molar-refractivity contribution in [3.63, 3.8) is 0 Å². The third-order valence-corrected chi connectivity index (χ3v) is 15.8.